The van der Waals surface area contributed by atoms with Gasteiger partial charge in [-0.15, -0.1) is 0 Å². The van der Waals surface area contributed by atoms with Crippen LogP contribution in [-0.2, 0) is 7.05 Å². The Kier molecular flexibility index (Phi) is 6.10. The van der Waals surface area contributed by atoms with E-state index in [0.29, 0.717) is 11.6 Å². The molecule has 1 fully saturated rings. The first kappa shape index (κ1) is 18.0. The molecule has 1 atom stereocenters. The molecule has 0 radical (unpaired) electrons. The maximum atomic E-state index is 12.5. The van der Waals surface area contributed by atoms with Gasteiger partial charge in [0, 0.05) is 19.8 Å². The molecule has 1 aliphatic rings. The van der Waals surface area contributed by atoms with Gasteiger partial charge in [0.15, 0.2) is 5.69 Å². The summed E-state index contributed by atoms with van der Waals surface area (Å²) < 4.78 is 1.56. The first-order chi connectivity index (χ1) is 12.1. The molecule has 25 heavy (non-hydrogen) atoms. The van der Waals surface area contributed by atoms with E-state index in [1.807, 2.05) is 6.07 Å². The minimum absolute atomic E-state index is 0.172. The molecule has 0 spiro atoms. The van der Waals surface area contributed by atoms with Gasteiger partial charge in [0.25, 0.3) is 5.91 Å². The predicted octanol–water partition coefficient (Wildman–Crippen LogP) is 3.42. The fraction of sp³-hybridized carbons (Fsp3) is 0.474. The minimum atomic E-state index is -0.221. The van der Waals surface area contributed by atoms with Crippen LogP contribution in [0, 0.1) is 0 Å². The Labute approximate surface area is 154 Å². The van der Waals surface area contributed by atoms with Crippen LogP contribution in [0.4, 0.5) is 0 Å². The molecule has 1 amide bonds. The van der Waals surface area contributed by atoms with Gasteiger partial charge < -0.3 is 5.32 Å². The lowest BCUT2D eigenvalue weighted by molar-refractivity contribution is 0.0927. The van der Waals surface area contributed by atoms with Gasteiger partial charge in [-0.3, -0.25) is 14.4 Å². The summed E-state index contributed by atoms with van der Waals surface area (Å²) in [5, 5.41) is 7.56. The summed E-state index contributed by atoms with van der Waals surface area (Å²) in [5.74, 6) is -0.221. The third-order valence-electron chi connectivity index (χ3n) is 4.72. The molecular formula is C19H25ClN4O. The molecule has 1 N–H and O–H groups in total. The van der Waals surface area contributed by atoms with Crippen LogP contribution in [0.5, 0.6) is 0 Å². The summed E-state index contributed by atoms with van der Waals surface area (Å²) in [5.41, 5.74) is 1.52. The zero-order valence-electron chi connectivity index (χ0n) is 14.6. The Bertz CT molecular complexity index is 693. The zero-order chi connectivity index (χ0) is 17.6. The molecule has 2 aromatic rings. The summed E-state index contributed by atoms with van der Waals surface area (Å²) in [7, 11) is 1.76. The van der Waals surface area contributed by atoms with Crippen LogP contribution in [0.1, 0.15) is 47.8 Å². The van der Waals surface area contributed by atoms with Crippen molar-refractivity contribution in [3.05, 3.63) is 52.8 Å². The zero-order valence-corrected chi connectivity index (χ0v) is 15.4. The molecule has 1 aliphatic heterocycles. The average molecular weight is 361 g/mol. The SMILES string of the molecule is Cn1cc(Cl)c(C(=O)NC[C@@H](c2ccccc2)N2CCCCCC2)n1. The summed E-state index contributed by atoms with van der Waals surface area (Å²) in [6, 6.07) is 10.6. The Morgan fingerprint density at radius 3 is 2.48 bits per heavy atom. The number of halogens is 1. The van der Waals surface area contributed by atoms with Crippen molar-refractivity contribution in [3.8, 4) is 0 Å². The topological polar surface area (TPSA) is 50.2 Å². The summed E-state index contributed by atoms with van der Waals surface area (Å²) in [6.07, 6.45) is 6.63. The molecule has 1 aromatic heterocycles. The van der Waals surface area contributed by atoms with Crippen molar-refractivity contribution >= 4 is 17.5 Å². The largest absolute Gasteiger partial charge is 0.349 e. The highest BCUT2D eigenvalue weighted by atomic mass is 35.5. The number of nitrogens with one attached hydrogen (secondary N) is 1. The second-order valence-electron chi connectivity index (χ2n) is 6.59. The van der Waals surface area contributed by atoms with Crippen LogP contribution in [-0.4, -0.2) is 40.2 Å². The summed E-state index contributed by atoms with van der Waals surface area (Å²) in [6.45, 7) is 2.69. The Morgan fingerprint density at radius 1 is 1.20 bits per heavy atom. The molecule has 5 nitrogen and oxygen atoms in total. The van der Waals surface area contributed by atoms with Gasteiger partial charge in [0.05, 0.1) is 11.1 Å². The fourth-order valence-corrected chi connectivity index (χ4v) is 3.69. The number of amides is 1. The van der Waals surface area contributed by atoms with Crippen LogP contribution >= 0.6 is 11.6 Å². The first-order valence-electron chi connectivity index (χ1n) is 8.91. The molecular weight excluding hydrogens is 336 g/mol. The molecule has 0 aliphatic carbocycles. The number of carbonyl (C=O) groups is 1. The lowest BCUT2D eigenvalue weighted by atomic mass is 10.0. The van der Waals surface area contributed by atoms with Gasteiger partial charge in [0.2, 0.25) is 0 Å². The smallest absolute Gasteiger partial charge is 0.273 e. The predicted molar refractivity (Wildman–Crippen MR) is 99.8 cm³/mol. The van der Waals surface area contributed by atoms with E-state index in [2.05, 4.69) is 39.6 Å². The van der Waals surface area contributed by atoms with Crippen molar-refractivity contribution in [3.63, 3.8) is 0 Å². The standard InChI is InChI=1S/C19H25ClN4O/c1-23-14-16(20)18(22-23)19(25)21-13-17(15-9-5-4-6-10-15)24-11-7-2-3-8-12-24/h4-6,9-10,14,17H,2-3,7-8,11-13H2,1H3,(H,21,25)/t17-/m0/s1. The van der Waals surface area contributed by atoms with Crippen LogP contribution in [0.25, 0.3) is 0 Å². The third kappa shape index (κ3) is 4.61. The minimum Gasteiger partial charge on any atom is -0.349 e. The van der Waals surface area contributed by atoms with Crippen LogP contribution < -0.4 is 5.32 Å². The number of aromatic nitrogens is 2. The highest BCUT2D eigenvalue weighted by Crippen LogP contribution is 2.24. The maximum Gasteiger partial charge on any atom is 0.273 e. The van der Waals surface area contributed by atoms with Gasteiger partial charge >= 0.3 is 0 Å². The Morgan fingerprint density at radius 2 is 1.88 bits per heavy atom. The van der Waals surface area contributed by atoms with Crippen molar-refractivity contribution in [2.24, 2.45) is 7.05 Å². The number of rotatable bonds is 5. The van der Waals surface area contributed by atoms with Crippen LogP contribution in [0.3, 0.4) is 0 Å². The molecule has 0 saturated carbocycles. The van der Waals surface area contributed by atoms with E-state index in [9.17, 15) is 4.79 Å². The highest BCUT2D eigenvalue weighted by Gasteiger charge is 2.23. The van der Waals surface area contributed by atoms with Crippen LogP contribution in [0.2, 0.25) is 5.02 Å². The fourth-order valence-electron chi connectivity index (χ4n) is 3.43. The monoisotopic (exact) mass is 360 g/mol. The number of hydrogen-bond donors (Lipinski definition) is 1. The van der Waals surface area contributed by atoms with E-state index in [4.69, 9.17) is 11.6 Å². The summed E-state index contributed by atoms with van der Waals surface area (Å²) >= 11 is 6.09. The van der Waals surface area contributed by atoms with E-state index in [1.54, 1.807) is 17.9 Å². The molecule has 3 rings (SSSR count). The highest BCUT2D eigenvalue weighted by molar-refractivity contribution is 6.33. The third-order valence-corrected chi connectivity index (χ3v) is 5.00. The van der Waals surface area contributed by atoms with Crippen molar-refractivity contribution in [2.75, 3.05) is 19.6 Å². The van der Waals surface area contributed by atoms with Crippen molar-refractivity contribution in [1.82, 2.24) is 20.0 Å². The number of carbonyl (C=O) groups excluding carboxylic acids is 1. The number of hydrogen-bond acceptors (Lipinski definition) is 3. The molecule has 1 aromatic carbocycles. The van der Waals surface area contributed by atoms with Crippen molar-refractivity contribution in [1.29, 1.82) is 0 Å². The number of nitrogens with zero attached hydrogens (tertiary/aromatic N) is 3. The maximum absolute atomic E-state index is 12.5. The van der Waals surface area contributed by atoms with Gasteiger partial charge in [-0.25, -0.2) is 0 Å². The lowest BCUT2D eigenvalue weighted by Crippen LogP contribution is -2.38. The first-order valence-corrected chi connectivity index (χ1v) is 9.29. The Balaban J connectivity index is 1.73. The quantitative estimate of drug-likeness (QED) is 0.888. The summed E-state index contributed by atoms with van der Waals surface area (Å²) in [4.78, 5) is 15.0. The lowest BCUT2D eigenvalue weighted by Gasteiger charge is -2.31. The molecule has 2 heterocycles. The molecule has 134 valence electrons. The van der Waals surface area contributed by atoms with Gasteiger partial charge in [-0.1, -0.05) is 54.8 Å². The van der Waals surface area contributed by atoms with E-state index >= 15 is 0 Å². The second kappa shape index (κ2) is 8.50. The Hall–Kier alpha value is -1.85. The molecule has 1 saturated heterocycles. The van der Waals surface area contributed by atoms with E-state index in [0.717, 1.165) is 13.1 Å². The number of likely N-dealkylation sites (tertiary alicyclic amines) is 1. The number of benzene rings is 1. The normalized spacial score (nSPS) is 17.0. The van der Waals surface area contributed by atoms with Crippen LogP contribution in [0.15, 0.2) is 36.5 Å². The number of aryl methyl sites for hydroxylation is 1. The van der Waals surface area contributed by atoms with Gasteiger partial charge in [0.1, 0.15) is 0 Å². The van der Waals surface area contributed by atoms with E-state index in [1.165, 1.54) is 31.2 Å². The molecule has 0 unspecified atom stereocenters. The van der Waals surface area contributed by atoms with Gasteiger partial charge in [-0.2, -0.15) is 5.10 Å². The van der Waals surface area contributed by atoms with Gasteiger partial charge in [-0.05, 0) is 31.5 Å². The molecule has 0 bridgehead atoms. The second-order valence-corrected chi connectivity index (χ2v) is 6.99. The average Bonchev–Trinajstić information content (AvgIpc) is 2.80. The molecule has 6 heteroatoms. The van der Waals surface area contributed by atoms with Crippen molar-refractivity contribution in [2.45, 2.75) is 31.7 Å². The van der Waals surface area contributed by atoms with Crippen molar-refractivity contribution < 1.29 is 4.79 Å². The van der Waals surface area contributed by atoms with E-state index in [-0.39, 0.29) is 17.6 Å². The van der Waals surface area contributed by atoms with E-state index < -0.39 is 0 Å².